The van der Waals surface area contributed by atoms with Gasteiger partial charge in [-0.05, 0) is 29.8 Å². The summed E-state index contributed by atoms with van der Waals surface area (Å²) in [4.78, 5) is 28.0. The molecular weight excluding hydrogens is 361 g/mol. The average Bonchev–Trinajstić information content (AvgIpc) is 2.98. The van der Waals surface area contributed by atoms with Gasteiger partial charge in [0.15, 0.2) is 0 Å². The fourth-order valence-electron chi connectivity index (χ4n) is 3.28. The van der Waals surface area contributed by atoms with Gasteiger partial charge < -0.3 is 15.0 Å². The Morgan fingerprint density at radius 1 is 1.04 bits per heavy atom. The van der Waals surface area contributed by atoms with Gasteiger partial charge in [0.1, 0.15) is 11.5 Å². The first-order chi connectivity index (χ1) is 13.6. The first-order valence-corrected chi connectivity index (χ1v) is 9.12. The van der Waals surface area contributed by atoms with Crippen LogP contribution in [-0.4, -0.2) is 43.1 Å². The van der Waals surface area contributed by atoms with E-state index < -0.39 is 17.8 Å². The van der Waals surface area contributed by atoms with Crippen LogP contribution in [0.4, 0.5) is 14.9 Å². The molecule has 0 unspecified atom stereocenters. The second-order valence-corrected chi connectivity index (χ2v) is 6.66. The lowest BCUT2D eigenvalue weighted by Gasteiger charge is -2.28. The number of nitrogens with one attached hydrogen (secondary N) is 1. The third kappa shape index (κ3) is 3.75. The molecule has 0 aromatic heterocycles. The van der Waals surface area contributed by atoms with E-state index in [1.54, 1.807) is 24.3 Å². The molecule has 0 spiro atoms. The first-order valence-electron chi connectivity index (χ1n) is 9.12. The largest absolute Gasteiger partial charge is 0.378 e. The van der Waals surface area contributed by atoms with Crippen molar-refractivity contribution in [3.05, 3.63) is 71.2 Å². The molecule has 0 saturated carbocycles. The van der Waals surface area contributed by atoms with Crippen LogP contribution in [0.25, 0.3) is 6.08 Å². The first kappa shape index (κ1) is 18.2. The molecule has 28 heavy (non-hydrogen) atoms. The molecule has 144 valence electrons. The highest BCUT2D eigenvalue weighted by molar-refractivity contribution is 6.13. The second-order valence-electron chi connectivity index (χ2n) is 6.66. The van der Waals surface area contributed by atoms with Gasteiger partial charge in [-0.15, -0.1) is 0 Å². The minimum Gasteiger partial charge on any atom is -0.378 e. The third-order valence-corrected chi connectivity index (χ3v) is 4.83. The predicted octanol–water partition coefficient (Wildman–Crippen LogP) is 2.76. The number of carbonyl (C=O) groups excluding carboxylic acids is 2. The zero-order valence-electron chi connectivity index (χ0n) is 15.2. The Balaban J connectivity index is 1.48. The van der Waals surface area contributed by atoms with E-state index in [0.717, 1.165) is 29.2 Å². The molecule has 2 fully saturated rings. The number of ether oxygens (including phenoxy) is 1. The van der Waals surface area contributed by atoms with Crippen LogP contribution < -0.4 is 10.2 Å². The van der Waals surface area contributed by atoms with Crippen molar-refractivity contribution >= 4 is 23.7 Å². The summed E-state index contributed by atoms with van der Waals surface area (Å²) in [6, 6.07) is 13.3. The Morgan fingerprint density at radius 2 is 1.75 bits per heavy atom. The zero-order chi connectivity index (χ0) is 19.5. The monoisotopic (exact) mass is 381 g/mol. The molecule has 0 aliphatic carbocycles. The minimum atomic E-state index is -0.551. The fourth-order valence-corrected chi connectivity index (χ4v) is 3.28. The van der Waals surface area contributed by atoms with Crippen LogP contribution in [0.15, 0.2) is 54.2 Å². The van der Waals surface area contributed by atoms with Gasteiger partial charge in [0.05, 0.1) is 19.8 Å². The number of benzene rings is 2. The standard InChI is InChI=1S/C21H20FN3O3/c22-18-4-2-1-3-16(18)14-25-20(26)19(23-21(25)27)13-15-5-7-17(8-6-15)24-9-11-28-12-10-24/h1-8,13H,9-12,14H2,(H,23,27)/b19-13-. The van der Waals surface area contributed by atoms with Crippen LogP contribution in [0.1, 0.15) is 11.1 Å². The van der Waals surface area contributed by atoms with E-state index in [0.29, 0.717) is 18.8 Å². The number of halogens is 1. The van der Waals surface area contributed by atoms with Gasteiger partial charge in [-0.2, -0.15) is 0 Å². The second kappa shape index (κ2) is 7.82. The van der Waals surface area contributed by atoms with Crippen LogP contribution in [0, 0.1) is 5.82 Å². The lowest BCUT2D eigenvalue weighted by molar-refractivity contribution is -0.123. The highest BCUT2D eigenvalue weighted by atomic mass is 19.1. The number of hydrogen-bond donors (Lipinski definition) is 1. The molecule has 3 amide bonds. The molecule has 0 atom stereocenters. The number of amides is 3. The molecule has 2 heterocycles. The fraction of sp³-hybridized carbons (Fsp3) is 0.238. The Morgan fingerprint density at radius 3 is 2.46 bits per heavy atom. The van der Waals surface area contributed by atoms with Gasteiger partial charge in [0.25, 0.3) is 5.91 Å². The van der Waals surface area contributed by atoms with E-state index in [-0.39, 0.29) is 12.2 Å². The molecule has 2 saturated heterocycles. The zero-order valence-corrected chi connectivity index (χ0v) is 15.2. The highest BCUT2D eigenvalue weighted by Crippen LogP contribution is 2.21. The van der Waals surface area contributed by atoms with E-state index in [4.69, 9.17) is 4.74 Å². The number of urea groups is 1. The summed E-state index contributed by atoms with van der Waals surface area (Å²) < 4.78 is 19.2. The molecule has 1 N–H and O–H groups in total. The molecule has 2 aromatic rings. The number of rotatable bonds is 4. The van der Waals surface area contributed by atoms with Crippen LogP contribution >= 0.6 is 0 Å². The summed E-state index contributed by atoms with van der Waals surface area (Å²) in [7, 11) is 0. The summed E-state index contributed by atoms with van der Waals surface area (Å²) in [6.07, 6.45) is 1.63. The minimum absolute atomic E-state index is 0.106. The normalized spacial score (nSPS) is 18.7. The topological polar surface area (TPSA) is 61.9 Å². The predicted molar refractivity (Wildman–Crippen MR) is 103 cm³/mol. The molecule has 2 aliphatic heterocycles. The number of carbonyl (C=O) groups is 2. The van der Waals surface area contributed by atoms with Crippen molar-refractivity contribution in [1.29, 1.82) is 0 Å². The summed E-state index contributed by atoms with van der Waals surface area (Å²) >= 11 is 0. The van der Waals surface area contributed by atoms with Crippen molar-refractivity contribution in [2.45, 2.75) is 6.54 Å². The number of nitrogens with zero attached hydrogens (tertiary/aromatic N) is 2. The maximum absolute atomic E-state index is 13.8. The molecule has 0 bridgehead atoms. The summed E-state index contributed by atoms with van der Waals surface area (Å²) in [6.45, 7) is 3.01. The van der Waals surface area contributed by atoms with Crippen molar-refractivity contribution in [2.75, 3.05) is 31.2 Å². The van der Waals surface area contributed by atoms with Gasteiger partial charge >= 0.3 is 6.03 Å². The summed E-state index contributed by atoms with van der Waals surface area (Å²) in [5.74, 6) is -0.912. The van der Waals surface area contributed by atoms with E-state index in [1.807, 2.05) is 24.3 Å². The van der Waals surface area contributed by atoms with Crippen LogP contribution in [0.3, 0.4) is 0 Å². The Labute approximate surface area is 162 Å². The van der Waals surface area contributed by atoms with Gasteiger partial charge in [0, 0.05) is 24.3 Å². The Bertz CT molecular complexity index is 921. The highest BCUT2D eigenvalue weighted by Gasteiger charge is 2.33. The summed E-state index contributed by atoms with van der Waals surface area (Å²) in [5, 5.41) is 2.57. The number of morpholine rings is 1. The van der Waals surface area contributed by atoms with Gasteiger partial charge in [-0.3, -0.25) is 9.69 Å². The maximum Gasteiger partial charge on any atom is 0.329 e. The van der Waals surface area contributed by atoms with E-state index in [9.17, 15) is 14.0 Å². The van der Waals surface area contributed by atoms with Crippen molar-refractivity contribution in [2.24, 2.45) is 0 Å². The molecule has 4 rings (SSSR count). The maximum atomic E-state index is 13.8. The number of hydrogen-bond acceptors (Lipinski definition) is 4. The molecule has 0 radical (unpaired) electrons. The molecule has 6 nitrogen and oxygen atoms in total. The van der Waals surface area contributed by atoms with Crippen LogP contribution in [0.5, 0.6) is 0 Å². The molecule has 7 heteroatoms. The average molecular weight is 381 g/mol. The van der Waals surface area contributed by atoms with Gasteiger partial charge in [-0.25, -0.2) is 9.18 Å². The van der Waals surface area contributed by atoms with Crippen LogP contribution in [-0.2, 0) is 16.1 Å². The van der Waals surface area contributed by atoms with Gasteiger partial charge in [0.2, 0.25) is 0 Å². The number of anilines is 1. The van der Waals surface area contributed by atoms with E-state index in [2.05, 4.69) is 10.2 Å². The summed E-state index contributed by atoms with van der Waals surface area (Å²) in [5.41, 5.74) is 2.37. The van der Waals surface area contributed by atoms with Crippen LogP contribution in [0.2, 0.25) is 0 Å². The number of imide groups is 1. The Kier molecular flexibility index (Phi) is 5.08. The van der Waals surface area contributed by atoms with Crippen molar-refractivity contribution < 1.29 is 18.7 Å². The molecule has 2 aromatic carbocycles. The smallest absolute Gasteiger partial charge is 0.329 e. The quantitative estimate of drug-likeness (QED) is 0.654. The SMILES string of the molecule is O=C1N/C(=C\c2ccc(N3CCOCC3)cc2)C(=O)N1Cc1ccccc1F. The van der Waals surface area contributed by atoms with E-state index >= 15 is 0 Å². The van der Waals surface area contributed by atoms with Gasteiger partial charge in [-0.1, -0.05) is 30.3 Å². The molecule has 2 aliphatic rings. The Hall–Kier alpha value is -3.19. The lowest BCUT2D eigenvalue weighted by atomic mass is 10.1. The third-order valence-electron chi connectivity index (χ3n) is 4.83. The lowest BCUT2D eigenvalue weighted by Crippen LogP contribution is -2.36. The van der Waals surface area contributed by atoms with Crippen molar-refractivity contribution in [3.63, 3.8) is 0 Å². The van der Waals surface area contributed by atoms with Crippen molar-refractivity contribution in [1.82, 2.24) is 10.2 Å². The molecular formula is C21H20FN3O3. The van der Waals surface area contributed by atoms with E-state index in [1.165, 1.54) is 6.07 Å². The van der Waals surface area contributed by atoms with Crippen molar-refractivity contribution in [3.8, 4) is 0 Å².